The molecule has 0 saturated heterocycles. The van der Waals surface area contributed by atoms with Crippen molar-refractivity contribution < 1.29 is 9.21 Å². The van der Waals surface area contributed by atoms with Gasteiger partial charge in [-0.05, 0) is 38.7 Å². The van der Waals surface area contributed by atoms with Gasteiger partial charge in [0.25, 0.3) is 0 Å². The summed E-state index contributed by atoms with van der Waals surface area (Å²) in [6, 6.07) is 10.6. The van der Waals surface area contributed by atoms with Crippen LogP contribution >= 0.6 is 0 Å². The van der Waals surface area contributed by atoms with Crippen LogP contribution in [0.4, 0.5) is 0 Å². The largest absolute Gasteiger partial charge is 0.425 e. The number of carbonyl (C=O) groups is 1. The van der Waals surface area contributed by atoms with E-state index in [0.717, 1.165) is 25.7 Å². The summed E-state index contributed by atoms with van der Waals surface area (Å²) in [5, 5.41) is 10.9. The highest BCUT2D eigenvalue weighted by atomic mass is 16.4. The van der Waals surface area contributed by atoms with Crippen LogP contribution in [0.15, 0.2) is 34.7 Å². The second kappa shape index (κ2) is 9.08. The van der Waals surface area contributed by atoms with E-state index in [-0.39, 0.29) is 11.9 Å². The number of benzene rings is 1. The van der Waals surface area contributed by atoms with Gasteiger partial charge in [0.15, 0.2) is 0 Å². The van der Waals surface area contributed by atoms with Crippen molar-refractivity contribution in [2.75, 3.05) is 0 Å². The standard InChI is InChI=1S/C18H25N3O2/c1-14(2)19-16(22)12-13-18-21-20-17(23-18)11-7-6-10-15-8-4-3-5-9-15/h3-5,8-9,14H,6-7,10-13H2,1-2H3,(H,19,22). The SMILES string of the molecule is CC(C)NC(=O)CCc1nnc(CCCCc2ccccc2)o1. The summed E-state index contributed by atoms with van der Waals surface area (Å²) in [6.07, 6.45) is 4.85. The van der Waals surface area contributed by atoms with Gasteiger partial charge in [0, 0.05) is 25.3 Å². The zero-order valence-corrected chi connectivity index (χ0v) is 13.9. The second-order valence-corrected chi connectivity index (χ2v) is 6.00. The maximum atomic E-state index is 11.6. The molecule has 1 aromatic carbocycles. The number of rotatable bonds is 9. The lowest BCUT2D eigenvalue weighted by molar-refractivity contribution is -0.121. The Labute approximate surface area is 137 Å². The average molecular weight is 315 g/mol. The monoisotopic (exact) mass is 315 g/mol. The molecule has 1 amide bonds. The van der Waals surface area contributed by atoms with Gasteiger partial charge in [0.2, 0.25) is 17.7 Å². The Morgan fingerprint density at radius 3 is 2.39 bits per heavy atom. The first-order valence-corrected chi connectivity index (χ1v) is 8.28. The van der Waals surface area contributed by atoms with Crippen molar-refractivity contribution in [3.63, 3.8) is 0 Å². The smallest absolute Gasteiger partial charge is 0.220 e. The van der Waals surface area contributed by atoms with Gasteiger partial charge in [-0.1, -0.05) is 30.3 Å². The number of nitrogens with zero attached hydrogens (tertiary/aromatic N) is 2. The molecule has 1 heterocycles. The highest BCUT2D eigenvalue weighted by Gasteiger charge is 2.09. The third kappa shape index (κ3) is 6.63. The Hall–Kier alpha value is -2.17. The summed E-state index contributed by atoms with van der Waals surface area (Å²) in [7, 11) is 0. The molecule has 0 radical (unpaired) electrons. The molecule has 0 atom stereocenters. The molecule has 2 aromatic rings. The lowest BCUT2D eigenvalue weighted by Crippen LogP contribution is -2.30. The summed E-state index contributed by atoms with van der Waals surface area (Å²) in [6.45, 7) is 3.89. The fourth-order valence-corrected chi connectivity index (χ4v) is 2.36. The zero-order valence-electron chi connectivity index (χ0n) is 13.9. The van der Waals surface area contributed by atoms with Gasteiger partial charge in [-0.25, -0.2) is 0 Å². The zero-order chi connectivity index (χ0) is 16.5. The van der Waals surface area contributed by atoms with Crippen LogP contribution in [0.3, 0.4) is 0 Å². The molecule has 0 aliphatic rings. The van der Waals surface area contributed by atoms with Crippen LogP contribution in [0.1, 0.15) is 50.5 Å². The van der Waals surface area contributed by atoms with Crippen LogP contribution in [0.5, 0.6) is 0 Å². The Bertz CT molecular complexity index is 593. The summed E-state index contributed by atoms with van der Waals surface area (Å²) >= 11 is 0. The van der Waals surface area contributed by atoms with E-state index in [0.29, 0.717) is 24.6 Å². The fourth-order valence-electron chi connectivity index (χ4n) is 2.36. The third-order valence-corrected chi connectivity index (χ3v) is 3.47. The highest BCUT2D eigenvalue weighted by molar-refractivity contribution is 5.76. The number of hydrogen-bond donors (Lipinski definition) is 1. The third-order valence-electron chi connectivity index (χ3n) is 3.47. The van der Waals surface area contributed by atoms with Crippen molar-refractivity contribution in [3.05, 3.63) is 47.7 Å². The van der Waals surface area contributed by atoms with Crippen LogP contribution < -0.4 is 5.32 Å². The molecule has 23 heavy (non-hydrogen) atoms. The van der Waals surface area contributed by atoms with E-state index in [1.807, 2.05) is 19.9 Å². The number of nitrogens with one attached hydrogen (secondary N) is 1. The predicted molar refractivity (Wildman–Crippen MR) is 89.0 cm³/mol. The van der Waals surface area contributed by atoms with E-state index in [1.54, 1.807) is 0 Å². The van der Waals surface area contributed by atoms with Gasteiger partial charge in [-0.15, -0.1) is 10.2 Å². The summed E-state index contributed by atoms with van der Waals surface area (Å²) in [5.74, 6) is 1.22. The molecule has 124 valence electrons. The van der Waals surface area contributed by atoms with E-state index < -0.39 is 0 Å². The van der Waals surface area contributed by atoms with Crippen molar-refractivity contribution in [2.45, 2.75) is 58.4 Å². The van der Waals surface area contributed by atoms with Crippen molar-refractivity contribution >= 4 is 5.91 Å². The van der Waals surface area contributed by atoms with Crippen LogP contribution in [0.2, 0.25) is 0 Å². The molecule has 0 spiro atoms. The molecule has 0 aliphatic carbocycles. The summed E-state index contributed by atoms with van der Waals surface area (Å²) in [5.41, 5.74) is 1.36. The molecule has 2 rings (SSSR count). The van der Waals surface area contributed by atoms with E-state index >= 15 is 0 Å². The van der Waals surface area contributed by atoms with Gasteiger partial charge < -0.3 is 9.73 Å². The molecule has 1 aromatic heterocycles. The van der Waals surface area contributed by atoms with E-state index in [1.165, 1.54) is 5.56 Å². The average Bonchev–Trinajstić information content (AvgIpc) is 2.98. The molecule has 0 aliphatic heterocycles. The minimum Gasteiger partial charge on any atom is -0.425 e. The van der Waals surface area contributed by atoms with Crippen LogP contribution in [-0.2, 0) is 24.1 Å². The van der Waals surface area contributed by atoms with E-state index in [9.17, 15) is 4.79 Å². The summed E-state index contributed by atoms with van der Waals surface area (Å²) < 4.78 is 5.59. The molecule has 5 heteroatoms. The van der Waals surface area contributed by atoms with Crippen molar-refractivity contribution in [2.24, 2.45) is 0 Å². The minimum absolute atomic E-state index is 0.0163. The van der Waals surface area contributed by atoms with Gasteiger partial charge in [0.05, 0.1) is 0 Å². The number of aryl methyl sites for hydroxylation is 3. The quantitative estimate of drug-likeness (QED) is 0.722. The molecule has 0 fully saturated rings. The number of carbonyl (C=O) groups excluding carboxylic acids is 1. The second-order valence-electron chi connectivity index (χ2n) is 6.00. The molecule has 5 nitrogen and oxygen atoms in total. The first-order valence-electron chi connectivity index (χ1n) is 8.28. The predicted octanol–water partition coefficient (Wildman–Crippen LogP) is 3.09. The minimum atomic E-state index is 0.0163. The van der Waals surface area contributed by atoms with Crippen LogP contribution in [-0.4, -0.2) is 22.1 Å². The fraction of sp³-hybridized carbons (Fsp3) is 0.500. The van der Waals surface area contributed by atoms with Crippen molar-refractivity contribution in [1.82, 2.24) is 15.5 Å². The van der Waals surface area contributed by atoms with Crippen LogP contribution in [0, 0.1) is 0 Å². The molecular formula is C18H25N3O2. The number of aromatic nitrogens is 2. The lowest BCUT2D eigenvalue weighted by Gasteiger charge is -2.06. The first-order chi connectivity index (χ1) is 11.1. The summed E-state index contributed by atoms with van der Waals surface area (Å²) in [4.78, 5) is 11.6. The molecule has 0 unspecified atom stereocenters. The van der Waals surface area contributed by atoms with E-state index in [4.69, 9.17) is 4.42 Å². The van der Waals surface area contributed by atoms with Gasteiger partial charge >= 0.3 is 0 Å². The molecular weight excluding hydrogens is 290 g/mol. The molecule has 1 N–H and O–H groups in total. The van der Waals surface area contributed by atoms with Crippen molar-refractivity contribution in [1.29, 1.82) is 0 Å². The number of hydrogen-bond acceptors (Lipinski definition) is 4. The molecule has 0 bridgehead atoms. The Morgan fingerprint density at radius 1 is 1.04 bits per heavy atom. The van der Waals surface area contributed by atoms with Gasteiger partial charge in [-0.3, -0.25) is 4.79 Å². The molecule has 0 saturated carbocycles. The number of amides is 1. The topological polar surface area (TPSA) is 68.0 Å². The lowest BCUT2D eigenvalue weighted by atomic mass is 10.1. The van der Waals surface area contributed by atoms with Crippen molar-refractivity contribution in [3.8, 4) is 0 Å². The Morgan fingerprint density at radius 2 is 1.70 bits per heavy atom. The highest BCUT2D eigenvalue weighted by Crippen LogP contribution is 2.09. The normalized spacial score (nSPS) is 10.9. The van der Waals surface area contributed by atoms with Crippen LogP contribution in [0.25, 0.3) is 0 Å². The maximum absolute atomic E-state index is 11.6. The first kappa shape index (κ1) is 17.2. The van der Waals surface area contributed by atoms with E-state index in [2.05, 4.69) is 39.8 Å². The number of unbranched alkanes of at least 4 members (excludes halogenated alkanes) is 1. The Balaban J connectivity index is 1.65. The Kier molecular flexibility index (Phi) is 6.78. The maximum Gasteiger partial charge on any atom is 0.220 e. The van der Waals surface area contributed by atoms with Gasteiger partial charge in [-0.2, -0.15) is 0 Å². The van der Waals surface area contributed by atoms with Gasteiger partial charge in [0.1, 0.15) is 0 Å².